The molecule has 2 aromatic heterocycles. The van der Waals surface area contributed by atoms with Crippen LogP contribution >= 0.6 is 0 Å². The van der Waals surface area contributed by atoms with Crippen LogP contribution in [-0.4, -0.2) is 26.7 Å². The van der Waals surface area contributed by atoms with Gasteiger partial charge in [-0.1, -0.05) is 18.2 Å². The summed E-state index contributed by atoms with van der Waals surface area (Å²) in [7, 11) is 0. The Hall–Kier alpha value is -3.22. The van der Waals surface area contributed by atoms with Crippen LogP contribution in [0.25, 0.3) is 22.5 Å². The summed E-state index contributed by atoms with van der Waals surface area (Å²) in [6.45, 7) is 0.579. The molecule has 0 aliphatic heterocycles. The first-order valence-electron chi connectivity index (χ1n) is 7.55. The lowest BCUT2D eigenvalue weighted by molar-refractivity contribution is 0.432. The van der Waals surface area contributed by atoms with E-state index in [9.17, 15) is 4.39 Å². The summed E-state index contributed by atoms with van der Waals surface area (Å²) < 4.78 is 18.4. The molecule has 0 bridgehead atoms. The van der Waals surface area contributed by atoms with Crippen molar-refractivity contribution in [3.63, 3.8) is 0 Å². The molecule has 24 heavy (non-hydrogen) atoms. The summed E-state index contributed by atoms with van der Waals surface area (Å²) in [5, 5.41) is 6.99. The number of hydrogen-bond acceptors (Lipinski definition) is 5. The first-order valence-corrected chi connectivity index (χ1v) is 7.55. The van der Waals surface area contributed by atoms with Gasteiger partial charge in [0, 0.05) is 18.5 Å². The zero-order valence-electron chi connectivity index (χ0n) is 12.7. The number of hydrogen-bond donors (Lipinski definition) is 2. The average Bonchev–Trinajstić information content (AvgIpc) is 3.22. The topological polar surface area (TPSA) is 79.6 Å². The number of aromatic nitrogens is 4. The maximum absolute atomic E-state index is 13.2. The second kappa shape index (κ2) is 6.11. The van der Waals surface area contributed by atoms with Gasteiger partial charge in [-0.15, -0.1) is 0 Å². The van der Waals surface area contributed by atoms with Gasteiger partial charge >= 0.3 is 0 Å². The highest BCUT2D eigenvalue weighted by Gasteiger charge is 2.08. The van der Waals surface area contributed by atoms with Gasteiger partial charge in [0.15, 0.2) is 0 Å². The monoisotopic (exact) mass is 323 g/mol. The van der Waals surface area contributed by atoms with Crippen LogP contribution in [0.5, 0.6) is 0 Å². The van der Waals surface area contributed by atoms with E-state index < -0.39 is 0 Å². The molecule has 0 atom stereocenters. The largest absolute Gasteiger partial charge is 0.351 e. The summed E-state index contributed by atoms with van der Waals surface area (Å²) in [6.07, 6.45) is 0.630. The van der Waals surface area contributed by atoms with E-state index in [-0.39, 0.29) is 5.82 Å². The molecule has 120 valence electrons. The second-order valence-corrected chi connectivity index (χ2v) is 5.31. The summed E-state index contributed by atoms with van der Waals surface area (Å²) in [5.41, 5.74) is 2.31. The summed E-state index contributed by atoms with van der Waals surface area (Å²) in [4.78, 5) is 11.8. The van der Waals surface area contributed by atoms with Crippen molar-refractivity contribution >= 4 is 17.0 Å². The Morgan fingerprint density at radius 1 is 1.08 bits per heavy atom. The first-order chi connectivity index (χ1) is 11.8. The average molecular weight is 323 g/mol. The molecule has 4 aromatic rings. The van der Waals surface area contributed by atoms with Gasteiger partial charge in [0.25, 0.3) is 11.8 Å². The zero-order valence-corrected chi connectivity index (χ0v) is 12.7. The van der Waals surface area contributed by atoms with E-state index in [2.05, 4.69) is 25.4 Å². The predicted octanol–water partition coefficient (Wildman–Crippen LogP) is 3.41. The zero-order chi connectivity index (χ0) is 16.4. The quantitative estimate of drug-likeness (QED) is 0.588. The number of aromatic amines is 1. The molecule has 0 amide bonds. The summed E-state index contributed by atoms with van der Waals surface area (Å²) in [6, 6.07) is 14.1. The van der Waals surface area contributed by atoms with Gasteiger partial charge in [-0.25, -0.2) is 9.37 Å². The fourth-order valence-electron chi connectivity index (χ4n) is 2.44. The Morgan fingerprint density at radius 2 is 1.96 bits per heavy atom. The third-order valence-electron chi connectivity index (χ3n) is 3.58. The normalized spacial score (nSPS) is 11.0. The number of benzene rings is 2. The van der Waals surface area contributed by atoms with Gasteiger partial charge in [0.2, 0.25) is 0 Å². The van der Waals surface area contributed by atoms with Crippen molar-refractivity contribution in [3.8, 4) is 11.5 Å². The number of fused-ring (bicyclic) bond motifs is 1. The van der Waals surface area contributed by atoms with E-state index in [0.717, 1.165) is 16.9 Å². The van der Waals surface area contributed by atoms with Crippen LogP contribution < -0.4 is 5.32 Å². The van der Waals surface area contributed by atoms with Gasteiger partial charge in [-0.05, 0) is 35.5 Å². The number of rotatable bonds is 5. The van der Waals surface area contributed by atoms with Crippen molar-refractivity contribution in [2.75, 3.05) is 11.9 Å². The molecule has 2 aromatic carbocycles. The van der Waals surface area contributed by atoms with E-state index >= 15 is 0 Å². The van der Waals surface area contributed by atoms with Crippen LogP contribution in [0, 0.1) is 5.82 Å². The van der Waals surface area contributed by atoms with E-state index in [0.29, 0.717) is 30.3 Å². The van der Waals surface area contributed by atoms with Gasteiger partial charge in [-0.2, -0.15) is 4.98 Å². The van der Waals surface area contributed by atoms with Crippen LogP contribution in [0.4, 0.5) is 10.3 Å². The number of imidazole rings is 1. The Morgan fingerprint density at radius 3 is 2.83 bits per heavy atom. The minimum atomic E-state index is -0.281. The van der Waals surface area contributed by atoms with E-state index in [4.69, 9.17) is 4.52 Å². The molecule has 0 radical (unpaired) electrons. The maximum Gasteiger partial charge on any atom is 0.263 e. The number of nitrogens with one attached hydrogen (secondary N) is 2. The number of H-pyrrole nitrogens is 1. The highest BCUT2D eigenvalue weighted by molar-refractivity contribution is 5.74. The Labute approximate surface area is 136 Å². The lowest BCUT2D eigenvalue weighted by Gasteiger charge is -1.98. The fraction of sp³-hybridized carbons (Fsp3) is 0.118. The number of anilines is 1. The SMILES string of the molecule is Fc1ccc2nc(CCNc3noc(-c4ccccc4)n3)[nH]c2c1. The van der Waals surface area contributed by atoms with Crippen LogP contribution in [0.1, 0.15) is 5.82 Å². The second-order valence-electron chi connectivity index (χ2n) is 5.31. The molecule has 0 saturated heterocycles. The number of nitrogens with zero attached hydrogens (tertiary/aromatic N) is 3. The smallest absolute Gasteiger partial charge is 0.263 e. The molecule has 7 heteroatoms. The van der Waals surface area contributed by atoms with Crippen LogP contribution in [0.15, 0.2) is 53.1 Å². The van der Waals surface area contributed by atoms with Gasteiger partial charge in [0.05, 0.1) is 11.0 Å². The Bertz CT molecular complexity index is 963. The van der Waals surface area contributed by atoms with Crippen molar-refractivity contribution in [1.29, 1.82) is 0 Å². The van der Waals surface area contributed by atoms with E-state index in [1.54, 1.807) is 6.07 Å². The van der Waals surface area contributed by atoms with Crippen molar-refractivity contribution in [2.45, 2.75) is 6.42 Å². The molecular weight excluding hydrogens is 309 g/mol. The van der Waals surface area contributed by atoms with Gasteiger partial charge in [0.1, 0.15) is 11.6 Å². The van der Waals surface area contributed by atoms with Crippen molar-refractivity contribution in [1.82, 2.24) is 20.1 Å². The minimum Gasteiger partial charge on any atom is -0.351 e. The molecule has 6 nitrogen and oxygen atoms in total. The molecule has 0 aliphatic rings. The van der Waals surface area contributed by atoms with Gasteiger partial charge < -0.3 is 14.8 Å². The van der Waals surface area contributed by atoms with E-state index in [1.807, 2.05) is 30.3 Å². The predicted molar refractivity (Wildman–Crippen MR) is 88.0 cm³/mol. The van der Waals surface area contributed by atoms with Crippen LogP contribution in [0.3, 0.4) is 0 Å². The maximum atomic E-state index is 13.2. The van der Waals surface area contributed by atoms with Crippen molar-refractivity contribution in [3.05, 3.63) is 60.2 Å². The van der Waals surface area contributed by atoms with Crippen LogP contribution in [0.2, 0.25) is 0 Å². The lowest BCUT2D eigenvalue weighted by atomic mass is 10.2. The van der Waals surface area contributed by atoms with Crippen molar-refractivity contribution in [2.24, 2.45) is 0 Å². The molecule has 0 spiro atoms. The molecule has 4 rings (SSSR count). The molecule has 0 aliphatic carbocycles. The highest BCUT2D eigenvalue weighted by Crippen LogP contribution is 2.18. The summed E-state index contributed by atoms with van der Waals surface area (Å²) >= 11 is 0. The molecule has 0 saturated carbocycles. The standard InChI is InChI=1S/C17H14FN5O/c18-12-6-7-13-14(10-12)21-15(20-13)8-9-19-17-22-16(24-23-17)11-4-2-1-3-5-11/h1-7,10H,8-9H2,(H,19,23)(H,20,21). The third-order valence-corrected chi connectivity index (χ3v) is 3.58. The Balaban J connectivity index is 1.39. The molecule has 0 unspecified atom stereocenters. The third kappa shape index (κ3) is 2.96. The number of halogens is 1. The minimum absolute atomic E-state index is 0.281. The lowest BCUT2D eigenvalue weighted by Crippen LogP contribution is -2.07. The molecule has 2 heterocycles. The van der Waals surface area contributed by atoms with E-state index in [1.165, 1.54) is 12.1 Å². The highest BCUT2D eigenvalue weighted by atomic mass is 19.1. The van der Waals surface area contributed by atoms with Gasteiger partial charge in [-0.3, -0.25) is 0 Å². The van der Waals surface area contributed by atoms with Crippen LogP contribution in [-0.2, 0) is 6.42 Å². The molecule has 2 N–H and O–H groups in total. The van der Waals surface area contributed by atoms with Crippen molar-refractivity contribution < 1.29 is 8.91 Å². The summed E-state index contributed by atoms with van der Waals surface area (Å²) in [5.74, 6) is 1.39. The Kier molecular flexibility index (Phi) is 3.66. The fourth-order valence-corrected chi connectivity index (χ4v) is 2.44. The first kappa shape index (κ1) is 14.4. The molecular formula is C17H14FN5O. The molecule has 0 fully saturated rings.